The van der Waals surface area contributed by atoms with E-state index in [2.05, 4.69) is 16.1 Å². The van der Waals surface area contributed by atoms with Crippen molar-refractivity contribution in [2.75, 3.05) is 11.9 Å². The van der Waals surface area contributed by atoms with E-state index in [4.69, 9.17) is 5.26 Å². The number of nitriles is 1. The van der Waals surface area contributed by atoms with Crippen LogP contribution >= 0.6 is 11.3 Å². The fourth-order valence-electron chi connectivity index (χ4n) is 2.57. The highest BCUT2D eigenvalue weighted by Crippen LogP contribution is 2.25. The van der Waals surface area contributed by atoms with Crippen LogP contribution in [0.15, 0.2) is 33.9 Å². The molecule has 1 aromatic carbocycles. The molecule has 0 fully saturated rings. The molecule has 0 bridgehead atoms. The van der Waals surface area contributed by atoms with E-state index in [9.17, 15) is 8.42 Å². The molecule has 1 atom stereocenters. The Morgan fingerprint density at radius 2 is 2.23 bits per heavy atom. The van der Waals surface area contributed by atoms with Gasteiger partial charge in [-0.05, 0) is 54.1 Å². The Bertz CT molecular complexity index is 850. The van der Waals surface area contributed by atoms with Crippen molar-refractivity contribution in [3.63, 3.8) is 0 Å². The predicted octanol–water partition coefficient (Wildman–Crippen LogP) is 2.24. The van der Waals surface area contributed by atoms with Gasteiger partial charge in [-0.25, -0.2) is 13.1 Å². The summed E-state index contributed by atoms with van der Waals surface area (Å²) < 4.78 is 28.0. The molecule has 114 valence electrons. The third kappa shape index (κ3) is 2.86. The van der Waals surface area contributed by atoms with Crippen LogP contribution in [0.2, 0.25) is 0 Å². The Labute approximate surface area is 133 Å². The van der Waals surface area contributed by atoms with Gasteiger partial charge >= 0.3 is 0 Å². The standard InChI is InChI=1S/C15H15N3O2S2/c1-10-4-5-21-15(10)22(19,20)18-13-7-12-6-11(8-16)2-3-14(12)17-9-13/h2-6,13,17-18H,7,9H2,1H3. The molecule has 0 amide bonds. The molecular formula is C15H15N3O2S2. The van der Waals surface area contributed by atoms with E-state index in [0.29, 0.717) is 22.7 Å². The highest BCUT2D eigenvalue weighted by atomic mass is 32.2. The van der Waals surface area contributed by atoms with Gasteiger partial charge in [0.1, 0.15) is 4.21 Å². The number of fused-ring (bicyclic) bond motifs is 1. The average molecular weight is 333 g/mol. The highest BCUT2D eigenvalue weighted by molar-refractivity contribution is 7.91. The number of hydrogen-bond acceptors (Lipinski definition) is 5. The van der Waals surface area contributed by atoms with Crippen LogP contribution in [0.3, 0.4) is 0 Å². The van der Waals surface area contributed by atoms with Gasteiger partial charge in [0.05, 0.1) is 11.6 Å². The molecule has 2 aromatic rings. The molecule has 1 aliphatic heterocycles. The first kappa shape index (κ1) is 15.0. The van der Waals surface area contributed by atoms with E-state index in [0.717, 1.165) is 16.8 Å². The molecular weight excluding hydrogens is 318 g/mol. The first-order valence-corrected chi connectivity index (χ1v) is 9.19. The molecule has 3 rings (SSSR count). The van der Waals surface area contributed by atoms with E-state index >= 15 is 0 Å². The van der Waals surface area contributed by atoms with Crippen molar-refractivity contribution < 1.29 is 8.42 Å². The lowest BCUT2D eigenvalue weighted by Crippen LogP contribution is -2.43. The first-order chi connectivity index (χ1) is 10.5. The van der Waals surface area contributed by atoms with Gasteiger partial charge in [0.2, 0.25) is 0 Å². The summed E-state index contributed by atoms with van der Waals surface area (Å²) in [5, 5.41) is 14.0. The van der Waals surface area contributed by atoms with E-state index in [1.54, 1.807) is 30.5 Å². The van der Waals surface area contributed by atoms with Crippen molar-refractivity contribution in [2.24, 2.45) is 0 Å². The predicted molar refractivity (Wildman–Crippen MR) is 86.5 cm³/mol. The average Bonchev–Trinajstić information content (AvgIpc) is 2.93. The summed E-state index contributed by atoms with van der Waals surface area (Å²) in [7, 11) is -3.50. The fraction of sp³-hybridized carbons (Fsp3) is 0.267. The molecule has 2 heterocycles. The largest absolute Gasteiger partial charge is 0.383 e. The minimum atomic E-state index is -3.50. The van der Waals surface area contributed by atoms with Gasteiger partial charge in [0.15, 0.2) is 0 Å². The van der Waals surface area contributed by atoms with Gasteiger partial charge in [-0.3, -0.25) is 0 Å². The van der Waals surface area contributed by atoms with E-state index in [1.165, 1.54) is 11.3 Å². The zero-order valence-corrected chi connectivity index (χ0v) is 13.6. The summed E-state index contributed by atoms with van der Waals surface area (Å²) >= 11 is 1.22. The molecule has 2 N–H and O–H groups in total. The maximum Gasteiger partial charge on any atom is 0.250 e. The van der Waals surface area contributed by atoms with Crippen molar-refractivity contribution in [3.8, 4) is 6.07 Å². The number of thiophene rings is 1. The SMILES string of the molecule is Cc1ccsc1S(=O)(=O)NC1CNc2ccc(C#N)cc2C1. The van der Waals surface area contributed by atoms with Gasteiger partial charge in [-0.2, -0.15) is 5.26 Å². The van der Waals surface area contributed by atoms with Crippen molar-refractivity contribution in [1.29, 1.82) is 5.26 Å². The van der Waals surface area contributed by atoms with Crippen LogP contribution in [-0.4, -0.2) is 21.0 Å². The Hall–Kier alpha value is -1.88. The topological polar surface area (TPSA) is 82.0 Å². The molecule has 0 saturated carbocycles. The summed E-state index contributed by atoms with van der Waals surface area (Å²) in [5.41, 5.74) is 3.26. The van der Waals surface area contributed by atoms with Gasteiger partial charge in [-0.15, -0.1) is 11.3 Å². The first-order valence-electron chi connectivity index (χ1n) is 6.83. The Morgan fingerprint density at radius 3 is 2.91 bits per heavy atom. The van der Waals surface area contributed by atoms with Gasteiger partial charge in [-0.1, -0.05) is 0 Å². The maximum atomic E-state index is 12.4. The summed E-state index contributed by atoms with van der Waals surface area (Å²) in [6.07, 6.45) is 0.571. The maximum absolute atomic E-state index is 12.4. The fourth-order valence-corrected chi connectivity index (χ4v) is 5.24. The monoisotopic (exact) mass is 333 g/mol. The summed E-state index contributed by atoms with van der Waals surface area (Å²) in [6, 6.07) is 9.10. The Morgan fingerprint density at radius 1 is 1.41 bits per heavy atom. The van der Waals surface area contributed by atoms with Crippen molar-refractivity contribution in [3.05, 3.63) is 46.3 Å². The number of nitrogens with one attached hydrogen (secondary N) is 2. The summed E-state index contributed by atoms with van der Waals surface area (Å²) in [6.45, 7) is 2.32. The van der Waals surface area contributed by atoms with Crippen molar-refractivity contribution >= 4 is 27.0 Å². The lowest BCUT2D eigenvalue weighted by atomic mass is 9.98. The lowest BCUT2D eigenvalue weighted by molar-refractivity contribution is 0.550. The Kier molecular flexibility index (Phi) is 3.91. The van der Waals surface area contributed by atoms with Crippen LogP contribution in [-0.2, 0) is 16.4 Å². The number of rotatable bonds is 3. The van der Waals surface area contributed by atoms with Crippen LogP contribution in [0.25, 0.3) is 0 Å². The van der Waals surface area contributed by atoms with E-state index in [-0.39, 0.29) is 6.04 Å². The molecule has 0 radical (unpaired) electrons. The molecule has 22 heavy (non-hydrogen) atoms. The summed E-state index contributed by atoms with van der Waals surface area (Å²) in [5.74, 6) is 0. The zero-order valence-electron chi connectivity index (χ0n) is 12.0. The normalized spacial score (nSPS) is 17.4. The van der Waals surface area contributed by atoms with Gasteiger partial charge < -0.3 is 5.32 Å². The van der Waals surface area contributed by atoms with E-state index < -0.39 is 10.0 Å². The number of hydrogen-bond donors (Lipinski definition) is 2. The van der Waals surface area contributed by atoms with Crippen LogP contribution in [0.1, 0.15) is 16.7 Å². The van der Waals surface area contributed by atoms with Crippen LogP contribution < -0.4 is 10.0 Å². The number of aryl methyl sites for hydroxylation is 1. The minimum Gasteiger partial charge on any atom is -0.383 e. The van der Waals surface area contributed by atoms with Crippen LogP contribution in [0.5, 0.6) is 0 Å². The highest BCUT2D eigenvalue weighted by Gasteiger charge is 2.26. The molecule has 5 nitrogen and oxygen atoms in total. The number of nitrogens with zero attached hydrogens (tertiary/aromatic N) is 1. The Balaban J connectivity index is 1.81. The lowest BCUT2D eigenvalue weighted by Gasteiger charge is -2.26. The second-order valence-corrected chi connectivity index (χ2v) is 8.10. The second-order valence-electron chi connectivity index (χ2n) is 5.28. The van der Waals surface area contributed by atoms with Crippen molar-refractivity contribution in [2.45, 2.75) is 23.6 Å². The molecule has 7 heteroatoms. The third-order valence-corrected chi connectivity index (χ3v) is 6.83. The molecule has 0 saturated heterocycles. The smallest absolute Gasteiger partial charge is 0.250 e. The molecule has 1 unspecified atom stereocenters. The zero-order chi connectivity index (χ0) is 15.7. The molecule has 0 spiro atoms. The number of benzene rings is 1. The van der Waals surface area contributed by atoms with Crippen LogP contribution in [0, 0.1) is 18.3 Å². The molecule has 1 aliphatic rings. The molecule has 1 aromatic heterocycles. The number of sulfonamides is 1. The third-order valence-electron chi connectivity index (χ3n) is 3.62. The van der Waals surface area contributed by atoms with Crippen LogP contribution in [0.4, 0.5) is 5.69 Å². The summed E-state index contributed by atoms with van der Waals surface area (Å²) in [4.78, 5) is 0. The molecule has 0 aliphatic carbocycles. The van der Waals surface area contributed by atoms with Crippen molar-refractivity contribution in [1.82, 2.24) is 4.72 Å². The van der Waals surface area contributed by atoms with E-state index in [1.807, 2.05) is 6.07 Å². The van der Waals surface area contributed by atoms with Gasteiger partial charge in [0.25, 0.3) is 10.0 Å². The second kappa shape index (κ2) is 5.72. The minimum absolute atomic E-state index is 0.229. The number of anilines is 1. The van der Waals surface area contributed by atoms with Gasteiger partial charge in [0, 0.05) is 18.3 Å². The quantitative estimate of drug-likeness (QED) is 0.902.